The molecule has 0 bridgehead atoms. The molecular weight excluding hydrogens is 367 g/mol. The Morgan fingerprint density at radius 1 is 1.09 bits per heavy atom. The molecule has 0 aliphatic carbocycles. The van der Waals surface area contributed by atoms with Gasteiger partial charge in [0.25, 0.3) is 5.91 Å². The van der Waals surface area contributed by atoms with Crippen LogP contribution in [-0.4, -0.2) is 12.2 Å². The van der Waals surface area contributed by atoms with Crippen LogP contribution in [0.1, 0.15) is 10.4 Å². The minimum absolute atomic E-state index is 0.142. The van der Waals surface area contributed by atoms with E-state index in [1.807, 2.05) is 0 Å². The van der Waals surface area contributed by atoms with Crippen molar-refractivity contribution in [2.75, 3.05) is 5.32 Å². The number of fused-ring (bicyclic) bond motifs is 1. The van der Waals surface area contributed by atoms with Crippen molar-refractivity contribution in [1.82, 2.24) is 0 Å². The third-order valence-electron chi connectivity index (χ3n) is 2.83. The Labute approximate surface area is 131 Å². The largest absolute Gasteiger partial charge is 0.586 e. The number of hydrogen-bond donors (Lipinski definition) is 1. The molecule has 0 unspecified atom stereocenters. The number of hydrogen-bond acceptors (Lipinski definition) is 3. The summed E-state index contributed by atoms with van der Waals surface area (Å²) in [4.78, 5) is 12.0. The van der Waals surface area contributed by atoms with Gasteiger partial charge in [-0.05, 0) is 30.3 Å². The van der Waals surface area contributed by atoms with Crippen molar-refractivity contribution in [2.24, 2.45) is 0 Å². The molecule has 3 rings (SSSR count). The molecule has 0 saturated heterocycles. The number of benzene rings is 2. The van der Waals surface area contributed by atoms with Gasteiger partial charge in [-0.2, -0.15) is 0 Å². The molecule has 1 aliphatic heterocycles. The molecule has 1 amide bonds. The van der Waals surface area contributed by atoms with Gasteiger partial charge < -0.3 is 14.8 Å². The molecule has 0 aromatic heterocycles. The Bertz CT molecular complexity index is 767. The minimum Gasteiger partial charge on any atom is -0.395 e. The Hall–Kier alpha value is -2.22. The molecule has 1 N–H and O–H groups in total. The van der Waals surface area contributed by atoms with Crippen molar-refractivity contribution in [3.05, 3.63) is 52.3 Å². The zero-order valence-corrected chi connectivity index (χ0v) is 12.3. The first-order valence-corrected chi connectivity index (χ1v) is 6.80. The lowest BCUT2D eigenvalue weighted by molar-refractivity contribution is -0.286. The maximum absolute atomic E-state index is 13.6. The van der Waals surface area contributed by atoms with Crippen molar-refractivity contribution in [2.45, 2.75) is 6.29 Å². The number of amides is 1. The van der Waals surface area contributed by atoms with Gasteiger partial charge in [-0.25, -0.2) is 4.39 Å². The fourth-order valence-electron chi connectivity index (χ4n) is 1.90. The third kappa shape index (κ3) is 2.87. The Morgan fingerprint density at radius 2 is 1.82 bits per heavy atom. The maximum atomic E-state index is 13.6. The first-order valence-electron chi connectivity index (χ1n) is 6.00. The van der Waals surface area contributed by atoms with Gasteiger partial charge in [0.15, 0.2) is 11.5 Å². The molecule has 0 spiro atoms. The molecule has 114 valence electrons. The van der Waals surface area contributed by atoms with Crippen molar-refractivity contribution >= 4 is 27.5 Å². The van der Waals surface area contributed by atoms with Crippen molar-refractivity contribution in [1.29, 1.82) is 0 Å². The van der Waals surface area contributed by atoms with Gasteiger partial charge in [-0.3, -0.25) is 4.79 Å². The fourth-order valence-corrected chi connectivity index (χ4v) is 2.26. The summed E-state index contributed by atoms with van der Waals surface area (Å²) in [5, 5.41) is 2.40. The highest BCUT2D eigenvalue weighted by molar-refractivity contribution is 9.10. The van der Waals surface area contributed by atoms with Crippen LogP contribution in [0.25, 0.3) is 0 Å². The highest BCUT2D eigenvalue weighted by Gasteiger charge is 2.43. The summed E-state index contributed by atoms with van der Waals surface area (Å²) in [6, 6.07) is 7.64. The lowest BCUT2D eigenvalue weighted by Crippen LogP contribution is -2.25. The van der Waals surface area contributed by atoms with E-state index in [2.05, 4.69) is 30.7 Å². The van der Waals surface area contributed by atoms with Gasteiger partial charge >= 0.3 is 6.29 Å². The van der Waals surface area contributed by atoms with Crippen LogP contribution >= 0.6 is 15.9 Å². The van der Waals surface area contributed by atoms with Crippen molar-refractivity contribution in [3.8, 4) is 11.5 Å². The van der Waals surface area contributed by atoms with Gasteiger partial charge in [0.1, 0.15) is 5.82 Å². The van der Waals surface area contributed by atoms with E-state index in [9.17, 15) is 18.0 Å². The second-order valence-electron chi connectivity index (χ2n) is 4.41. The predicted molar refractivity (Wildman–Crippen MR) is 74.7 cm³/mol. The highest BCUT2D eigenvalue weighted by atomic mass is 79.9. The van der Waals surface area contributed by atoms with E-state index in [0.29, 0.717) is 4.47 Å². The van der Waals surface area contributed by atoms with E-state index in [-0.39, 0.29) is 22.7 Å². The van der Waals surface area contributed by atoms with E-state index in [0.717, 1.165) is 6.07 Å². The second kappa shape index (κ2) is 5.20. The second-order valence-corrected chi connectivity index (χ2v) is 5.32. The number of halogens is 4. The summed E-state index contributed by atoms with van der Waals surface area (Å²) < 4.78 is 48.5. The molecular formula is C14H7BrF3NO3. The molecule has 1 heterocycles. The first kappa shape index (κ1) is 14.7. The number of anilines is 1. The van der Waals surface area contributed by atoms with Gasteiger partial charge in [0, 0.05) is 16.2 Å². The molecule has 1 aliphatic rings. The van der Waals surface area contributed by atoms with Gasteiger partial charge in [0.05, 0.1) is 5.56 Å². The zero-order chi connectivity index (χ0) is 15.9. The first-order chi connectivity index (χ1) is 10.3. The molecule has 2 aromatic rings. The molecule has 2 aromatic carbocycles. The topological polar surface area (TPSA) is 47.6 Å². The average molecular weight is 374 g/mol. The highest BCUT2D eigenvalue weighted by Crippen LogP contribution is 2.42. The monoisotopic (exact) mass is 373 g/mol. The van der Waals surface area contributed by atoms with E-state index in [1.54, 1.807) is 0 Å². The van der Waals surface area contributed by atoms with Crippen LogP contribution in [0, 0.1) is 5.82 Å². The Kier molecular flexibility index (Phi) is 3.48. The molecule has 22 heavy (non-hydrogen) atoms. The van der Waals surface area contributed by atoms with Crippen LogP contribution in [0.4, 0.5) is 18.9 Å². The van der Waals surface area contributed by atoms with Gasteiger partial charge in [-0.15, -0.1) is 8.78 Å². The summed E-state index contributed by atoms with van der Waals surface area (Å²) in [7, 11) is 0. The van der Waals surface area contributed by atoms with Crippen molar-refractivity contribution < 1.29 is 27.4 Å². The van der Waals surface area contributed by atoms with Crippen molar-refractivity contribution in [3.63, 3.8) is 0 Å². The number of carbonyl (C=O) groups excluding carboxylic acids is 1. The Morgan fingerprint density at radius 3 is 2.59 bits per heavy atom. The van der Waals surface area contributed by atoms with Crippen LogP contribution in [0.5, 0.6) is 11.5 Å². The number of nitrogens with one attached hydrogen (secondary N) is 1. The molecule has 0 fully saturated rings. The molecule has 0 radical (unpaired) electrons. The lowest BCUT2D eigenvalue weighted by atomic mass is 10.2. The van der Waals surface area contributed by atoms with E-state index >= 15 is 0 Å². The molecule has 0 atom stereocenters. The van der Waals surface area contributed by atoms with Gasteiger partial charge in [0.2, 0.25) is 0 Å². The summed E-state index contributed by atoms with van der Waals surface area (Å²) in [6.45, 7) is 0. The normalized spacial score (nSPS) is 14.7. The summed E-state index contributed by atoms with van der Waals surface area (Å²) in [5.74, 6) is -1.77. The standard InChI is InChI=1S/C14H7BrF3NO3/c15-7-1-3-10(16)9(5-7)13(20)19-8-2-4-11-12(6-8)22-14(17,18)21-11/h1-6H,(H,19,20). The Balaban J connectivity index is 1.83. The molecule has 4 nitrogen and oxygen atoms in total. The number of ether oxygens (including phenoxy) is 2. The van der Waals surface area contributed by atoms with E-state index < -0.39 is 18.0 Å². The van der Waals surface area contributed by atoms with E-state index in [1.165, 1.54) is 30.3 Å². The maximum Gasteiger partial charge on any atom is 0.586 e. The smallest absolute Gasteiger partial charge is 0.395 e. The molecule has 8 heteroatoms. The summed E-state index contributed by atoms with van der Waals surface area (Å²) >= 11 is 3.14. The van der Waals surface area contributed by atoms with E-state index in [4.69, 9.17) is 0 Å². The number of alkyl halides is 2. The fraction of sp³-hybridized carbons (Fsp3) is 0.0714. The third-order valence-corrected chi connectivity index (χ3v) is 3.33. The average Bonchev–Trinajstić information content (AvgIpc) is 2.74. The number of rotatable bonds is 2. The quantitative estimate of drug-likeness (QED) is 0.859. The molecule has 0 saturated carbocycles. The SMILES string of the molecule is O=C(Nc1ccc2c(c1)OC(F)(F)O2)c1cc(Br)ccc1F. The summed E-state index contributed by atoms with van der Waals surface area (Å²) in [6.07, 6.45) is -3.73. The van der Waals surface area contributed by atoms with Crippen LogP contribution in [0.2, 0.25) is 0 Å². The number of carbonyl (C=O) groups is 1. The lowest BCUT2D eigenvalue weighted by Gasteiger charge is -2.07. The van der Waals surface area contributed by atoms with Crippen LogP contribution in [-0.2, 0) is 0 Å². The van der Waals surface area contributed by atoms with Crippen LogP contribution < -0.4 is 14.8 Å². The predicted octanol–water partition coefficient (Wildman–Crippen LogP) is 4.16. The van der Waals surface area contributed by atoms with Crippen LogP contribution in [0.3, 0.4) is 0 Å². The zero-order valence-electron chi connectivity index (χ0n) is 10.7. The van der Waals surface area contributed by atoms with Crippen LogP contribution in [0.15, 0.2) is 40.9 Å². The summed E-state index contributed by atoms with van der Waals surface area (Å²) in [5.41, 5.74) is -0.0122. The minimum atomic E-state index is -3.73. The van der Waals surface area contributed by atoms with Gasteiger partial charge in [-0.1, -0.05) is 15.9 Å².